The van der Waals surface area contributed by atoms with Gasteiger partial charge in [-0.3, -0.25) is 4.99 Å². The molecule has 0 spiro atoms. The number of hydrogen-bond acceptors (Lipinski definition) is 2. The van der Waals surface area contributed by atoms with Crippen molar-refractivity contribution in [3.8, 4) is 0 Å². The summed E-state index contributed by atoms with van der Waals surface area (Å²) in [6.07, 6.45) is 1.80. The number of aryl methyl sites for hydroxylation is 1. The Morgan fingerprint density at radius 1 is 1.19 bits per heavy atom. The van der Waals surface area contributed by atoms with Crippen molar-refractivity contribution in [1.29, 1.82) is 0 Å². The highest BCUT2D eigenvalue weighted by molar-refractivity contribution is 7.17. The molecule has 0 aliphatic rings. The van der Waals surface area contributed by atoms with Gasteiger partial charge < -0.3 is 0 Å². The van der Waals surface area contributed by atoms with Crippen molar-refractivity contribution in [2.75, 3.05) is 0 Å². The number of aliphatic imine (C=N–C) groups is 1. The first-order valence-corrected chi connectivity index (χ1v) is 6.28. The maximum Gasteiger partial charge on any atom is 0.0935 e. The average Bonchev–Trinajstić information content (AvgIpc) is 2.66. The van der Waals surface area contributed by atoms with Gasteiger partial charge in [0.05, 0.1) is 10.0 Å². The van der Waals surface area contributed by atoms with Crippen LogP contribution in [0.2, 0.25) is 9.36 Å². The zero-order valence-electron chi connectivity index (χ0n) is 8.58. The van der Waals surface area contributed by atoms with E-state index in [1.54, 1.807) is 6.21 Å². The minimum atomic E-state index is 0.696. The Labute approximate surface area is 108 Å². The zero-order valence-corrected chi connectivity index (χ0v) is 10.9. The number of halogens is 2. The van der Waals surface area contributed by atoms with Crippen LogP contribution in [-0.4, -0.2) is 6.21 Å². The van der Waals surface area contributed by atoms with Gasteiger partial charge in [-0.15, -0.1) is 11.3 Å². The monoisotopic (exact) mass is 269 g/mol. The Hall–Kier alpha value is -0.830. The molecule has 0 saturated heterocycles. The number of nitrogens with zero attached hydrogens (tertiary/aromatic N) is 1. The summed E-state index contributed by atoms with van der Waals surface area (Å²) in [6.45, 7) is 2.00. The smallest absolute Gasteiger partial charge is 0.0935 e. The second-order valence-electron chi connectivity index (χ2n) is 3.33. The Balaban J connectivity index is 2.26. The minimum Gasteiger partial charge on any atom is -0.255 e. The van der Waals surface area contributed by atoms with Crippen LogP contribution in [0.4, 0.5) is 5.69 Å². The Bertz CT molecular complexity index is 532. The summed E-state index contributed by atoms with van der Waals surface area (Å²) in [5, 5.41) is 0.696. The maximum atomic E-state index is 5.91. The molecule has 1 nitrogen and oxygen atoms in total. The van der Waals surface area contributed by atoms with E-state index >= 15 is 0 Å². The number of thiophene rings is 1. The van der Waals surface area contributed by atoms with Gasteiger partial charge in [0.15, 0.2) is 0 Å². The molecule has 0 atom stereocenters. The van der Waals surface area contributed by atoms with Crippen LogP contribution in [-0.2, 0) is 0 Å². The fraction of sp³-hybridized carbons (Fsp3) is 0.0833. The second-order valence-corrected chi connectivity index (χ2v) is 5.51. The van der Waals surface area contributed by atoms with Crippen molar-refractivity contribution in [1.82, 2.24) is 0 Å². The van der Waals surface area contributed by atoms with Crippen LogP contribution in [0.3, 0.4) is 0 Å². The van der Waals surface area contributed by atoms with Gasteiger partial charge in [-0.1, -0.05) is 29.3 Å². The van der Waals surface area contributed by atoms with Crippen molar-refractivity contribution in [2.45, 2.75) is 6.92 Å². The van der Waals surface area contributed by atoms with Gasteiger partial charge in [-0.25, -0.2) is 0 Å². The maximum absolute atomic E-state index is 5.91. The van der Waals surface area contributed by atoms with Crippen molar-refractivity contribution >= 4 is 46.4 Å². The van der Waals surface area contributed by atoms with E-state index in [1.807, 2.05) is 37.3 Å². The van der Waals surface area contributed by atoms with Gasteiger partial charge in [-0.05, 0) is 36.8 Å². The van der Waals surface area contributed by atoms with Crippen LogP contribution in [0, 0.1) is 6.92 Å². The molecule has 2 aromatic rings. The zero-order chi connectivity index (χ0) is 11.5. The highest BCUT2D eigenvalue weighted by Crippen LogP contribution is 2.24. The Kier molecular flexibility index (Phi) is 3.64. The predicted octanol–water partition coefficient (Wildman–Crippen LogP) is 5.11. The van der Waals surface area contributed by atoms with E-state index in [1.165, 1.54) is 11.3 Å². The highest BCUT2D eigenvalue weighted by Gasteiger charge is 1.98. The molecule has 0 radical (unpaired) electrons. The lowest BCUT2D eigenvalue weighted by atomic mass is 10.2. The topological polar surface area (TPSA) is 12.4 Å². The van der Waals surface area contributed by atoms with E-state index < -0.39 is 0 Å². The Morgan fingerprint density at radius 3 is 2.69 bits per heavy atom. The number of benzene rings is 1. The third-order valence-corrected chi connectivity index (χ3v) is 3.50. The fourth-order valence-corrected chi connectivity index (χ4v) is 2.35. The van der Waals surface area contributed by atoms with Crippen LogP contribution in [0.25, 0.3) is 0 Å². The van der Waals surface area contributed by atoms with E-state index in [-0.39, 0.29) is 0 Å². The summed E-state index contributed by atoms with van der Waals surface area (Å²) in [4.78, 5) is 5.42. The van der Waals surface area contributed by atoms with Crippen LogP contribution in [0.5, 0.6) is 0 Å². The molecule has 0 fully saturated rings. The quantitative estimate of drug-likeness (QED) is 0.672. The lowest BCUT2D eigenvalue weighted by Crippen LogP contribution is -1.76. The lowest BCUT2D eigenvalue weighted by molar-refractivity contribution is 1.41. The third kappa shape index (κ3) is 2.85. The summed E-state index contributed by atoms with van der Waals surface area (Å²) >= 11 is 13.2. The molecule has 0 N–H and O–H groups in total. The van der Waals surface area contributed by atoms with Crippen molar-refractivity contribution < 1.29 is 0 Å². The summed E-state index contributed by atoms with van der Waals surface area (Å²) < 4.78 is 0.768. The average molecular weight is 270 g/mol. The first kappa shape index (κ1) is 11.6. The number of rotatable bonds is 2. The second kappa shape index (κ2) is 5.00. The molecular weight excluding hydrogens is 261 g/mol. The molecule has 4 heteroatoms. The van der Waals surface area contributed by atoms with Crippen LogP contribution in [0.15, 0.2) is 35.3 Å². The molecule has 0 unspecified atom stereocenters. The minimum absolute atomic E-state index is 0.696. The van der Waals surface area contributed by atoms with Gasteiger partial charge >= 0.3 is 0 Å². The molecule has 1 heterocycles. The van der Waals surface area contributed by atoms with Gasteiger partial charge in [-0.2, -0.15) is 0 Å². The number of hydrogen-bond donors (Lipinski definition) is 0. The lowest BCUT2D eigenvalue weighted by Gasteiger charge is -1.99. The van der Waals surface area contributed by atoms with Crippen LogP contribution in [0.1, 0.15) is 10.4 Å². The molecule has 0 bridgehead atoms. The van der Waals surface area contributed by atoms with Crippen molar-refractivity contribution in [3.63, 3.8) is 0 Å². The van der Waals surface area contributed by atoms with E-state index in [2.05, 4.69) is 4.99 Å². The molecule has 0 saturated carbocycles. The fourth-order valence-electron chi connectivity index (χ4n) is 1.25. The standard InChI is InChI=1S/C12H9Cl2NS/c1-8-2-3-9(13)6-11(8)15-7-10-4-5-12(14)16-10/h2-7H,1H3. The van der Waals surface area contributed by atoms with Crippen molar-refractivity contribution in [3.05, 3.63) is 50.1 Å². The van der Waals surface area contributed by atoms with Gasteiger partial charge in [0.25, 0.3) is 0 Å². The van der Waals surface area contributed by atoms with E-state index in [0.29, 0.717) is 5.02 Å². The molecule has 1 aromatic heterocycles. The van der Waals surface area contributed by atoms with E-state index in [9.17, 15) is 0 Å². The predicted molar refractivity (Wildman–Crippen MR) is 72.8 cm³/mol. The summed E-state index contributed by atoms with van der Waals surface area (Å²) in [7, 11) is 0. The van der Waals surface area contributed by atoms with Crippen LogP contribution < -0.4 is 0 Å². The molecule has 1 aromatic carbocycles. The first-order valence-electron chi connectivity index (χ1n) is 4.71. The highest BCUT2D eigenvalue weighted by atomic mass is 35.5. The summed E-state index contributed by atoms with van der Waals surface area (Å²) in [5.41, 5.74) is 1.99. The molecule has 82 valence electrons. The van der Waals surface area contributed by atoms with Crippen LogP contribution >= 0.6 is 34.5 Å². The molecule has 2 rings (SSSR count). The normalized spacial score (nSPS) is 11.2. The molecule has 0 aliphatic heterocycles. The van der Waals surface area contributed by atoms with E-state index in [4.69, 9.17) is 23.2 Å². The van der Waals surface area contributed by atoms with Gasteiger partial charge in [0, 0.05) is 16.1 Å². The summed E-state index contributed by atoms with van der Waals surface area (Å²) in [5.74, 6) is 0. The summed E-state index contributed by atoms with van der Waals surface area (Å²) in [6, 6.07) is 9.46. The molecular formula is C12H9Cl2NS. The van der Waals surface area contributed by atoms with Crippen molar-refractivity contribution in [2.24, 2.45) is 4.99 Å². The molecule has 0 amide bonds. The van der Waals surface area contributed by atoms with Gasteiger partial charge in [0.1, 0.15) is 0 Å². The largest absolute Gasteiger partial charge is 0.255 e. The Morgan fingerprint density at radius 2 is 2.00 bits per heavy atom. The third-order valence-electron chi connectivity index (χ3n) is 2.10. The SMILES string of the molecule is Cc1ccc(Cl)cc1N=Cc1ccc(Cl)s1. The van der Waals surface area contributed by atoms with Gasteiger partial charge in [0.2, 0.25) is 0 Å². The molecule has 16 heavy (non-hydrogen) atoms. The molecule has 0 aliphatic carbocycles. The first-order chi connectivity index (χ1) is 7.65. The van der Waals surface area contributed by atoms with E-state index in [0.717, 1.165) is 20.5 Å².